The fourth-order valence-corrected chi connectivity index (χ4v) is 2.67. The topological polar surface area (TPSA) is 67.6 Å². The van der Waals surface area contributed by atoms with Crippen molar-refractivity contribution >= 4 is 11.4 Å². The molecule has 2 unspecified atom stereocenters. The van der Waals surface area contributed by atoms with Crippen LogP contribution < -0.4 is 10.2 Å². The van der Waals surface area contributed by atoms with Crippen molar-refractivity contribution < 1.29 is 9.66 Å². The van der Waals surface area contributed by atoms with Crippen LogP contribution in [-0.4, -0.2) is 29.1 Å². The van der Waals surface area contributed by atoms with Crippen LogP contribution in [0.1, 0.15) is 33.1 Å². The van der Waals surface area contributed by atoms with E-state index in [0.717, 1.165) is 12.8 Å². The standard InChI is InChI=1S/C14H21N3O3/c1-10-5-4-6-11(2)16(10)15-13-9-12(20-3)7-8-14(13)17(18)19/h7-11,15H,4-6H2,1-3H3. The highest BCUT2D eigenvalue weighted by molar-refractivity contribution is 5.63. The lowest BCUT2D eigenvalue weighted by Gasteiger charge is -2.39. The minimum Gasteiger partial charge on any atom is -0.497 e. The van der Waals surface area contributed by atoms with E-state index in [-0.39, 0.29) is 10.6 Å². The smallest absolute Gasteiger partial charge is 0.293 e. The third-order valence-corrected chi connectivity index (χ3v) is 3.84. The Morgan fingerprint density at radius 1 is 1.35 bits per heavy atom. The summed E-state index contributed by atoms with van der Waals surface area (Å²) in [6.45, 7) is 4.27. The van der Waals surface area contributed by atoms with Gasteiger partial charge >= 0.3 is 0 Å². The summed E-state index contributed by atoms with van der Waals surface area (Å²) in [7, 11) is 1.55. The predicted octanol–water partition coefficient (Wildman–Crippen LogP) is 3.19. The van der Waals surface area contributed by atoms with Gasteiger partial charge in [0, 0.05) is 24.2 Å². The first-order valence-electron chi connectivity index (χ1n) is 6.90. The number of rotatable bonds is 4. The number of ether oxygens (including phenoxy) is 1. The molecular formula is C14H21N3O3. The van der Waals surface area contributed by atoms with Crippen LogP contribution in [0.4, 0.5) is 11.4 Å². The van der Waals surface area contributed by atoms with Crippen LogP contribution in [0.5, 0.6) is 5.75 Å². The first-order valence-corrected chi connectivity index (χ1v) is 6.90. The molecule has 1 aliphatic rings. The van der Waals surface area contributed by atoms with E-state index in [1.807, 2.05) is 0 Å². The largest absolute Gasteiger partial charge is 0.497 e. The lowest BCUT2D eigenvalue weighted by atomic mass is 10.00. The lowest BCUT2D eigenvalue weighted by molar-refractivity contribution is -0.384. The van der Waals surface area contributed by atoms with Crippen molar-refractivity contribution in [3.05, 3.63) is 28.3 Å². The summed E-state index contributed by atoms with van der Waals surface area (Å²) in [5.74, 6) is 0.607. The van der Waals surface area contributed by atoms with Gasteiger partial charge in [-0.1, -0.05) is 6.42 Å². The van der Waals surface area contributed by atoms with Gasteiger partial charge in [0.15, 0.2) is 0 Å². The number of hydrogen-bond acceptors (Lipinski definition) is 5. The second-order valence-electron chi connectivity index (χ2n) is 5.29. The van der Waals surface area contributed by atoms with Gasteiger partial charge in [0.05, 0.1) is 12.0 Å². The molecule has 0 bridgehead atoms. The summed E-state index contributed by atoms with van der Waals surface area (Å²) >= 11 is 0. The molecule has 20 heavy (non-hydrogen) atoms. The Balaban J connectivity index is 2.28. The summed E-state index contributed by atoms with van der Waals surface area (Å²) in [6, 6.07) is 5.45. The quantitative estimate of drug-likeness (QED) is 0.677. The monoisotopic (exact) mass is 279 g/mol. The van der Waals surface area contributed by atoms with E-state index in [1.165, 1.54) is 12.5 Å². The molecular weight excluding hydrogens is 258 g/mol. The van der Waals surface area contributed by atoms with E-state index < -0.39 is 0 Å². The summed E-state index contributed by atoms with van der Waals surface area (Å²) in [5.41, 5.74) is 3.76. The molecule has 0 radical (unpaired) electrons. The maximum Gasteiger partial charge on any atom is 0.293 e. The highest BCUT2D eigenvalue weighted by Gasteiger charge is 2.27. The average molecular weight is 279 g/mol. The average Bonchev–Trinajstić information content (AvgIpc) is 2.42. The fraction of sp³-hybridized carbons (Fsp3) is 0.571. The SMILES string of the molecule is COc1ccc([N+](=O)[O-])c(NN2C(C)CCCC2C)c1. The molecule has 0 spiro atoms. The van der Waals surface area contributed by atoms with Crippen molar-refractivity contribution in [1.29, 1.82) is 0 Å². The van der Waals surface area contributed by atoms with Crippen molar-refractivity contribution in [1.82, 2.24) is 5.01 Å². The third kappa shape index (κ3) is 3.01. The van der Waals surface area contributed by atoms with Crippen molar-refractivity contribution in [2.75, 3.05) is 12.5 Å². The Bertz CT molecular complexity index is 483. The van der Waals surface area contributed by atoms with Crippen molar-refractivity contribution in [3.63, 3.8) is 0 Å². The number of methoxy groups -OCH3 is 1. The number of nitro benzene ring substituents is 1. The van der Waals surface area contributed by atoms with E-state index in [1.54, 1.807) is 19.2 Å². The zero-order valence-electron chi connectivity index (χ0n) is 12.1. The molecule has 0 aliphatic carbocycles. The normalized spacial score (nSPS) is 23.4. The molecule has 1 aliphatic heterocycles. The van der Waals surface area contributed by atoms with Gasteiger partial charge in [-0.05, 0) is 32.8 Å². The molecule has 1 saturated heterocycles. The Labute approximate surface area is 118 Å². The lowest BCUT2D eigenvalue weighted by Crippen LogP contribution is -2.47. The van der Waals surface area contributed by atoms with Crippen molar-refractivity contribution in [3.8, 4) is 5.75 Å². The molecule has 2 atom stereocenters. The van der Waals surface area contributed by atoms with Gasteiger partial charge in [0.25, 0.3) is 5.69 Å². The molecule has 0 amide bonds. The first kappa shape index (κ1) is 14.6. The maximum atomic E-state index is 11.1. The van der Waals surface area contributed by atoms with Gasteiger partial charge in [-0.3, -0.25) is 10.1 Å². The van der Waals surface area contributed by atoms with Crippen LogP contribution in [0.2, 0.25) is 0 Å². The number of benzene rings is 1. The molecule has 6 heteroatoms. The molecule has 1 heterocycles. The van der Waals surface area contributed by atoms with Crippen molar-refractivity contribution in [2.24, 2.45) is 0 Å². The van der Waals surface area contributed by atoms with Crippen molar-refractivity contribution in [2.45, 2.75) is 45.2 Å². The zero-order chi connectivity index (χ0) is 14.7. The molecule has 1 aromatic rings. The predicted molar refractivity (Wildman–Crippen MR) is 77.9 cm³/mol. The van der Waals surface area contributed by atoms with Gasteiger partial charge in [-0.2, -0.15) is 0 Å². The molecule has 0 saturated carbocycles. The highest BCUT2D eigenvalue weighted by atomic mass is 16.6. The van der Waals surface area contributed by atoms with Gasteiger partial charge in [-0.25, -0.2) is 5.01 Å². The van der Waals surface area contributed by atoms with E-state index in [9.17, 15) is 10.1 Å². The Kier molecular flexibility index (Phi) is 4.44. The number of hydrazine groups is 1. The van der Waals surface area contributed by atoms with Crippen LogP contribution in [0.25, 0.3) is 0 Å². The van der Waals surface area contributed by atoms with Gasteiger partial charge in [0.2, 0.25) is 0 Å². The summed E-state index contributed by atoms with van der Waals surface area (Å²) in [6.07, 6.45) is 3.38. The van der Waals surface area contributed by atoms with Gasteiger partial charge in [0.1, 0.15) is 11.4 Å². The van der Waals surface area contributed by atoms with Crippen LogP contribution in [0.15, 0.2) is 18.2 Å². The Morgan fingerprint density at radius 2 is 2.00 bits per heavy atom. The summed E-state index contributed by atoms with van der Waals surface area (Å²) in [4.78, 5) is 10.8. The minimum atomic E-state index is -0.374. The van der Waals surface area contributed by atoms with Crippen LogP contribution >= 0.6 is 0 Å². The fourth-order valence-electron chi connectivity index (χ4n) is 2.67. The number of anilines is 1. The maximum absolute atomic E-state index is 11.1. The number of piperidine rings is 1. The number of nitrogens with one attached hydrogen (secondary N) is 1. The molecule has 6 nitrogen and oxygen atoms in total. The van der Waals surface area contributed by atoms with Crippen LogP contribution in [0, 0.1) is 10.1 Å². The molecule has 1 fully saturated rings. The third-order valence-electron chi connectivity index (χ3n) is 3.84. The van der Waals surface area contributed by atoms with Crippen LogP contribution in [0.3, 0.4) is 0 Å². The van der Waals surface area contributed by atoms with E-state index in [0.29, 0.717) is 23.5 Å². The summed E-state index contributed by atoms with van der Waals surface area (Å²) in [5, 5.41) is 13.2. The second kappa shape index (κ2) is 6.09. The molecule has 1 aromatic carbocycles. The number of nitro groups is 1. The van der Waals surface area contributed by atoms with E-state index >= 15 is 0 Å². The minimum absolute atomic E-state index is 0.0655. The second-order valence-corrected chi connectivity index (χ2v) is 5.29. The van der Waals surface area contributed by atoms with E-state index in [4.69, 9.17) is 4.74 Å². The molecule has 2 rings (SSSR count). The molecule has 0 aromatic heterocycles. The zero-order valence-corrected chi connectivity index (χ0v) is 12.1. The van der Waals surface area contributed by atoms with Crippen LogP contribution in [-0.2, 0) is 0 Å². The Morgan fingerprint density at radius 3 is 2.55 bits per heavy atom. The van der Waals surface area contributed by atoms with Gasteiger partial charge < -0.3 is 10.2 Å². The molecule has 1 N–H and O–H groups in total. The summed E-state index contributed by atoms with van der Waals surface area (Å²) < 4.78 is 5.15. The number of hydrogen-bond donors (Lipinski definition) is 1. The van der Waals surface area contributed by atoms with E-state index in [2.05, 4.69) is 24.3 Å². The first-order chi connectivity index (χ1) is 9.52. The highest BCUT2D eigenvalue weighted by Crippen LogP contribution is 2.31. The van der Waals surface area contributed by atoms with Gasteiger partial charge in [-0.15, -0.1) is 0 Å². The number of nitrogens with zero attached hydrogens (tertiary/aromatic N) is 2. The Hall–Kier alpha value is -1.82. The molecule has 110 valence electrons.